The van der Waals surface area contributed by atoms with Crippen LogP contribution in [0.25, 0.3) is 0 Å². The lowest BCUT2D eigenvalue weighted by molar-refractivity contribution is -0.511. The Hall–Kier alpha value is -3.05. The summed E-state index contributed by atoms with van der Waals surface area (Å²) in [7, 11) is 0. The highest BCUT2D eigenvalue weighted by Crippen LogP contribution is 2.34. The lowest BCUT2D eigenvalue weighted by Gasteiger charge is -2.45. The predicted molar refractivity (Wildman–Crippen MR) is 98.4 cm³/mol. The van der Waals surface area contributed by atoms with Gasteiger partial charge in [-0.25, -0.2) is 0 Å². The van der Waals surface area contributed by atoms with Gasteiger partial charge in [0, 0.05) is 25.7 Å². The summed E-state index contributed by atoms with van der Waals surface area (Å²) in [5, 5.41) is 11.3. The Morgan fingerprint density at radius 3 is 2.27 bits per heavy atom. The number of benzene rings is 1. The zero-order valence-electron chi connectivity index (χ0n) is 16.8. The molecule has 11 heteroatoms. The van der Waals surface area contributed by atoms with Crippen LogP contribution >= 0.6 is 0 Å². The van der Waals surface area contributed by atoms with Crippen LogP contribution < -0.4 is 0 Å². The van der Waals surface area contributed by atoms with Crippen molar-refractivity contribution in [2.24, 2.45) is 0 Å². The fourth-order valence-electron chi connectivity index (χ4n) is 3.16. The highest BCUT2D eigenvalue weighted by atomic mass is 16.7. The fraction of sp³-hybridized carbons (Fsp3) is 0.526. The van der Waals surface area contributed by atoms with E-state index in [-0.39, 0.29) is 6.61 Å². The molecule has 0 N–H and O–H groups in total. The van der Waals surface area contributed by atoms with Gasteiger partial charge in [0.2, 0.25) is 12.1 Å². The number of ether oxygens (including phenoxy) is 5. The SMILES string of the molecule is CC(=O)O[C@H]1[C@H](OCc2ccccc2)OC[C@@](C[N+](=O)[O-])(OC(C)=O)[C@H]1OC(C)=O. The highest BCUT2D eigenvalue weighted by molar-refractivity contribution is 5.69. The molecule has 1 aliphatic heterocycles. The molecule has 1 heterocycles. The van der Waals surface area contributed by atoms with Crippen molar-refractivity contribution in [2.45, 2.75) is 51.5 Å². The molecule has 1 saturated heterocycles. The lowest BCUT2D eigenvalue weighted by atomic mass is 9.89. The Bertz CT molecular complexity index is 765. The van der Waals surface area contributed by atoms with Gasteiger partial charge in [-0.2, -0.15) is 0 Å². The molecule has 0 bridgehead atoms. The van der Waals surface area contributed by atoms with Crippen LogP contribution in [0.5, 0.6) is 0 Å². The Kier molecular flexibility index (Phi) is 7.84. The van der Waals surface area contributed by atoms with E-state index in [0.29, 0.717) is 0 Å². The number of rotatable bonds is 8. The zero-order valence-corrected chi connectivity index (χ0v) is 16.8. The van der Waals surface area contributed by atoms with E-state index in [2.05, 4.69) is 0 Å². The maximum atomic E-state index is 11.7. The Labute approximate surface area is 172 Å². The first-order chi connectivity index (χ1) is 14.1. The Morgan fingerprint density at radius 1 is 1.10 bits per heavy atom. The maximum Gasteiger partial charge on any atom is 0.303 e. The number of nitro groups is 1. The summed E-state index contributed by atoms with van der Waals surface area (Å²) in [6.07, 6.45) is -4.17. The molecular formula is C19H23NO10. The molecule has 0 amide bonds. The van der Waals surface area contributed by atoms with E-state index in [1.54, 1.807) is 24.3 Å². The van der Waals surface area contributed by atoms with Crippen LogP contribution in [0.3, 0.4) is 0 Å². The molecular weight excluding hydrogens is 402 g/mol. The highest BCUT2D eigenvalue weighted by Gasteiger charge is 2.60. The van der Waals surface area contributed by atoms with Crippen molar-refractivity contribution in [3.8, 4) is 0 Å². The van der Waals surface area contributed by atoms with Gasteiger partial charge >= 0.3 is 17.9 Å². The third-order valence-corrected chi connectivity index (χ3v) is 4.17. The minimum Gasteiger partial charge on any atom is -0.454 e. The van der Waals surface area contributed by atoms with Gasteiger partial charge in [0.05, 0.1) is 6.61 Å². The molecule has 11 nitrogen and oxygen atoms in total. The summed E-state index contributed by atoms with van der Waals surface area (Å²) in [6.45, 7) is 1.84. The van der Waals surface area contributed by atoms with Crippen molar-refractivity contribution >= 4 is 17.9 Å². The van der Waals surface area contributed by atoms with Gasteiger partial charge in [0.1, 0.15) is 6.61 Å². The van der Waals surface area contributed by atoms with Gasteiger partial charge in [-0.05, 0) is 5.56 Å². The maximum absolute atomic E-state index is 11.7. The van der Waals surface area contributed by atoms with E-state index in [9.17, 15) is 24.5 Å². The second-order valence-corrected chi connectivity index (χ2v) is 6.73. The van der Waals surface area contributed by atoms with Crippen molar-refractivity contribution in [3.05, 3.63) is 46.0 Å². The van der Waals surface area contributed by atoms with Gasteiger partial charge in [-0.3, -0.25) is 24.5 Å². The summed E-state index contributed by atoms with van der Waals surface area (Å²) >= 11 is 0. The number of carbonyl (C=O) groups excluding carboxylic acids is 3. The van der Waals surface area contributed by atoms with Crippen molar-refractivity contribution in [3.63, 3.8) is 0 Å². The molecule has 1 aliphatic rings. The van der Waals surface area contributed by atoms with Crippen molar-refractivity contribution in [1.29, 1.82) is 0 Å². The van der Waals surface area contributed by atoms with E-state index in [1.807, 2.05) is 6.07 Å². The van der Waals surface area contributed by atoms with Gasteiger partial charge in [0.15, 0.2) is 18.5 Å². The number of hydrogen-bond acceptors (Lipinski definition) is 10. The number of hydrogen-bond donors (Lipinski definition) is 0. The van der Waals surface area contributed by atoms with Crippen molar-refractivity contribution in [1.82, 2.24) is 0 Å². The van der Waals surface area contributed by atoms with E-state index in [1.165, 1.54) is 0 Å². The molecule has 1 fully saturated rings. The summed E-state index contributed by atoms with van der Waals surface area (Å²) in [6, 6.07) is 9.01. The largest absolute Gasteiger partial charge is 0.454 e. The lowest BCUT2D eigenvalue weighted by Crippen LogP contribution is -2.67. The normalized spacial score (nSPS) is 25.8. The van der Waals surface area contributed by atoms with Crippen LogP contribution in [0.2, 0.25) is 0 Å². The molecule has 164 valence electrons. The first-order valence-electron chi connectivity index (χ1n) is 9.06. The third-order valence-electron chi connectivity index (χ3n) is 4.17. The molecule has 0 aromatic heterocycles. The smallest absolute Gasteiger partial charge is 0.303 e. The molecule has 2 rings (SSSR count). The van der Waals surface area contributed by atoms with E-state index in [0.717, 1.165) is 26.3 Å². The van der Waals surface area contributed by atoms with Gasteiger partial charge in [-0.15, -0.1) is 0 Å². The minimum absolute atomic E-state index is 0.0614. The molecule has 0 saturated carbocycles. The Morgan fingerprint density at radius 2 is 1.73 bits per heavy atom. The van der Waals surface area contributed by atoms with E-state index >= 15 is 0 Å². The molecule has 30 heavy (non-hydrogen) atoms. The molecule has 4 atom stereocenters. The number of nitrogens with zero attached hydrogens (tertiary/aromatic N) is 1. The molecule has 0 aliphatic carbocycles. The third kappa shape index (κ3) is 6.22. The first-order valence-corrected chi connectivity index (χ1v) is 9.06. The van der Waals surface area contributed by atoms with Crippen LogP contribution in [0.4, 0.5) is 0 Å². The van der Waals surface area contributed by atoms with Crippen LogP contribution in [0.15, 0.2) is 30.3 Å². The van der Waals surface area contributed by atoms with E-state index in [4.69, 9.17) is 23.7 Å². The molecule has 0 radical (unpaired) electrons. The van der Waals surface area contributed by atoms with Crippen LogP contribution in [0, 0.1) is 10.1 Å². The molecule has 1 aromatic rings. The van der Waals surface area contributed by atoms with E-state index < -0.39 is 60.1 Å². The molecule has 0 spiro atoms. The Balaban J connectivity index is 2.38. The summed E-state index contributed by atoms with van der Waals surface area (Å²) < 4.78 is 27.0. The van der Waals surface area contributed by atoms with Crippen molar-refractivity contribution < 1.29 is 43.0 Å². The molecule has 1 aromatic carbocycles. The van der Waals surface area contributed by atoms with Gasteiger partial charge in [-0.1, -0.05) is 30.3 Å². The summed E-state index contributed by atoms with van der Waals surface area (Å²) in [5.74, 6) is -2.45. The number of carbonyl (C=O) groups is 3. The quantitative estimate of drug-likeness (QED) is 0.256. The number of esters is 3. The second-order valence-electron chi connectivity index (χ2n) is 6.73. The monoisotopic (exact) mass is 425 g/mol. The average molecular weight is 425 g/mol. The second kappa shape index (κ2) is 10.1. The summed E-state index contributed by atoms with van der Waals surface area (Å²) in [4.78, 5) is 45.7. The van der Waals surface area contributed by atoms with Gasteiger partial charge in [0.25, 0.3) is 0 Å². The van der Waals surface area contributed by atoms with Gasteiger partial charge < -0.3 is 23.7 Å². The molecule has 0 unspecified atom stereocenters. The fourth-order valence-corrected chi connectivity index (χ4v) is 3.16. The standard InChI is InChI=1S/C19H23NO10/c1-12(21)28-16-17(29-13(2)22)19(10-20(24)25,30-14(3)23)11-27-18(16)26-9-15-7-5-4-6-8-15/h4-8,16-18H,9-11H2,1-3H3/t16-,17+,18-,19-/m1/s1. The zero-order chi connectivity index (χ0) is 22.3. The first kappa shape index (κ1) is 23.2. The van der Waals surface area contributed by atoms with Crippen molar-refractivity contribution in [2.75, 3.05) is 13.2 Å². The average Bonchev–Trinajstić information content (AvgIpc) is 2.63. The topological polar surface area (TPSA) is 141 Å². The summed E-state index contributed by atoms with van der Waals surface area (Å²) in [5.41, 5.74) is -1.22. The minimum atomic E-state index is -2.01. The van der Waals surface area contributed by atoms with Crippen LogP contribution in [-0.4, -0.2) is 60.1 Å². The predicted octanol–water partition coefficient (Wildman–Crippen LogP) is 1.00. The van der Waals surface area contributed by atoms with Crippen LogP contribution in [-0.2, 0) is 44.7 Å². The van der Waals surface area contributed by atoms with Crippen LogP contribution in [0.1, 0.15) is 26.3 Å².